The van der Waals surface area contributed by atoms with Crippen LogP contribution in [0.25, 0.3) is 0 Å². The average Bonchev–Trinajstić information content (AvgIpc) is 2.95. The van der Waals surface area contributed by atoms with Gasteiger partial charge in [-0.2, -0.15) is 0 Å². The van der Waals surface area contributed by atoms with E-state index in [4.69, 9.17) is 0 Å². The number of aromatic nitrogens is 2. The molecule has 7 nitrogen and oxygen atoms in total. The van der Waals surface area contributed by atoms with E-state index in [1.165, 1.54) is 6.20 Å². The van der Waals surface area contributed by atoms with Crippen LogP contribution in [0.5, 0.6) is 0 Å². The molecule has 2 heterocycles. The van der Waals surface area contributed by atoms with E-state index in [-0.39, 0.29) is 17.5 Å². The number of carbonyl (C=O) groups is 1. The summed E-state index contributed by atoms with van der Waals surface area (Å²) >= 11 is 0. The molecule has 1 aromatic heterocycles. The highest BCUT2D eigenvalue weighted by atomic mass is 16.2. The summed E-state index contributed by atoms with van der Waals surface area (Å²) in [7, 11) is 0. The molecule has 3 N–H and O–H groups in total. The molecule has 1 unspecified atom stereocenters. The largest absolute Gasteiger partial charge is 0.337 e. The molecule has 0 spiro atoms. The van der Waals surface area contributed by atoms with Crippen LogP contribution in [0.3, 0.4) is 0 Å². The molecule has 0 radical (unpaired) electrons. The van der Waals surface area contributed by atoms with Crippen LogP contribution in [-0.2, 0) is 0 Å². The summed E-state index contributed by atoms with van der Waals surface area (Å²) in [6.07, 6.45) is 5.21. The maximum absolute atomic E-state index is 12.5. The van der Waals surface area contributed by atoms with Gasteiger partial charge >= 0.3 is 5.69 Å². The molecule has 1 saturated heterocycles. The first-order chi connectivity index (χ1) is 10.1. The van der Waals surface area contributed by atoms with Crippen molar-refractivity contribution in [2.75, 3.05) is 19.6 Å². The summed E-state index contributed by atoms with van der Waals surface area (Å²) in [6.45, 7) is 4.24. The average molecular weight is 294 g/mol. The Bertz CT molecular complexity index is 586. The van der Waals surface area contributed by atoms with Gasteiger partial charge in [0.1, 0.15) is 5.56 Å². The Morgan fingerprint density at radius 3 is 2.86 bits per heavy atom. The predicted octanol–water partition coefficient (Wildman–Crippen LogP) is 0.0575. The van der Waals surface area contributed by atoms with Crippen molar-refractivity contribution in [3.05, 3.63) is 32.6 Å². The van der Waals surface area contributed by atoms with Crippen LogP contribution in [0.1, 0.15) is 43.0 Å². The van der Waals surface area contributed by atoms with Crippen LogP contribution < -0.4 is 16.6 Å². The van der Waals surface area contributed by atoms with Crippen molar-refractivity contribution in [3.63, 3.8) is 0 Å². The quantitative estimate of drug-likeness (QED) is 0.691. The van der Waals surface area contributed by atoms with Gasteiger partial charge in [-0.25, -0.2) is 4.79 Å². The SMILES string of the molecule is CCCCN(CC1CCCN1)C(=O)c1c[nH]c(=O)[nH]c1=O. The van der Waals surface area contributed by atoms with Crippen LogP contribution in [0.15, 0.2) is 15.8 Å². The monoisotopic (exact) mass is 294 g/mol. The zero-order valence-electron chi connectivity index (χ0n) is 12.3. The van der Waals surface area contributed by atoms with Gasteiger partial charge in [-0.1, -0.05) is 13.3 Å². The highest BCUT2D eigenvalue weighted by Gasteiger charge is 2.23. The van der Waals surface area contributed by atoms with E-state index in [0.29, 0.717) is 13.1 Å². The summed E-state index contributed by atoms with van der Waals surface area (Å²) in [5.74, 6) is -0.324. The number of unbranched alkanes of at least 4 members (excludes halogenated alkanes) is 1. The predicted molar refractivity (Wildman–Crippen MR) is 79.5 cm³/mol. The number of amides is 1. The van der Waals surface area contributed by atoms with Crippen molar-refractivity contribution in [2.24, 2.45) is 0 Å². The van der Waals surface area contributed by atoms with Gasteiger partial charge in [-0.15, -0.1) is 0 Å². The molecule has 21 heavy (non-hydrogen) atoms. The number of carbonyl (C=O) groups excluding carboxylic acids is 1. The third kappa shape index (κ3) is 4.04. The molecule has 7 heteroatoms. The van der Waals surface area contributed by atoms with E-state index >= 15 is 0 Å². The van der Waals surface area contributed by atoms with E-state index in [2.05, 4.69) is 22.2 Å². The minimum atomic E-state index is -0.635. The molecular formula is C14H22N4O3. The molecule has 0 bridgehead atoms. The molecule has 0 saturated carbocycles. The number of aromatic amines is 2. The summed E-state index contributed by atoms with van der Waals surface area (Å²) in [6, 6.07) is 0.285. The smallest absolute Gasteiger partial charge is 0.325 e. The number of rotatable bonds is 6. The number of nitrogens with zero attached hydrogens (tertiary/aromatic N) is 1. The summed E-state index contributed by atoms with van der Waals surface area (Å²) in [5, 5.41) is 3.36. The number of nitrogens with one attached hydrogen (secondary N) is 3. The minimum absolute atomic E-state index is 0.0105. The molecule has 1 aliphatic rings. The van der Waals surface area contributed by atoms with Crippen LogP contribution in [0, 0.1) is 0 Å². The lowest BCUT2D eigenvalue weighted by atomic mass is 10.2. The second-order valence-corrected chi connectivity index (χ2v) is 5.38. The van der Waals surface area contributed by atoms with Gasteiger partial charge in [-0.05, 0) is 25.8 Å². The molecule has 116 valence electrons. The summed E-state index contributed by atoms with van der Waals surface area (Å²) in [4.78, 5) is 41.5. The molecule has 1 amide bonds. The Kier molecular flexibility index (Phi) is 5.32. The molecular weight excluding hydrogens is 272 g/mol. The first-order valence-electron chi connectivity index (χ1n) is 7.46. The lowest BCUT2D eigenvalue weighted by Gasteiger charge is -2.25. The fraction of sp³-hybridized carbons (Fsp3) is 0.643. The highest BCUT2D eigenvalue weighted by molar-refractivity contribution is 5.93. The lowest BCUT2D eigenvalue weighted by Crippen LogP contribution is -2.43. The Labute approximate surface area is 122 Å². The van der Waals surface area contributed by atoms with E-state index in [0.717, 1.165) is 32.2 Å². The van der Waals surface area contributed by atoms with Crippen LogP contribution in [0.2, 0.25) is 0 Å². The van der Waals surface area contributed by atoms with Crippen molar-refractivity contribution >= 4 is 5.91 Å². The van der Waals surface area contributed by atoms with Gasteiger partial charge in [-0.3, -0.25) is 14.6 Å². The molecule has 0 aromatic carbocycles. The van der Waals surface area contributed by atoms with E-state index < -0.39 is 11.2 Å². The van der Waals surface area contributed by atoms with Gasteiger partial charge in [0.25, 0.3) is 11.5 Å². The molecule has 2 rings (SSSR count). The third-order valence-corrected chi connectivity index (χ3v) is 3.72. The Balaban J connectivity index is 2.15. The van der Waals surface area contributed by atoms with E-state index in [1.54, 1.807) is 4.90 Å². The second-order valence-electron chi connectivity index (χ2n) is 5.38. The van der Waals surface area contributed by atoms with Crippen LogP contribution in [-0.4, -0.2) is 46.5 Å². The number of hydrogen-bond donors (Lipinski definition) is 3. The zero-order chi connectivity index (χ0) is 15.2. The van der Waals surface area contributed by atoms with Gasteiger partial charge in [0, 0.05) is 25.3 Å². The third-order valence-electron chi connectivity index (χ3n) is 3.72. The molecule has 1 atom stereocenters. The maximum Gasteiger partial charge on any atom is 0.325 e. The molecule has 0 aliphatic carbocycles. The lowest BCUT2D eigenvalue weighted by molar-refractivity contribution is 0.0737. The standard InChI is InChI=1S/C14H22N4O3/c1-2-3-7-18(9-10-5-4-6-15-10)13(20)11-8-16-14(21)17-12(11)19/h8,10,15H,2-7,9H2,1H3,(H2,16,17,19,21). The topological polar surface area (TPSA) is 98.1 Å². The van der Waals surface area contributed by atoms with Gasteiger partial charge in [0.2, 0.25) is 0 Å². The first kappa shape index (κ1) is 15.5. The van der Waals surface area contributed by atoms with Crippen molar-refractivity contribution in [1.82, 2.24) is 20.2 Å². The molecule has 1 aromatic rings. The maximum atomic E-state index is 12.5. The number of H-pyrrole nitrogens is 2. The highest BCUT2D eigenvalue weighted by Crippen LogP contribution is 2.09. The Morgan fingerprint density at radius 2 is 2.24 bits per heavy atom. The van der Waals surface area contributed by atoms with Crippen molar-refractivity contribution in [2.45, 2.75) is 38.6 Å². The summed E-state index contributed by atoms with van der Waals surface area (Å²) in [5.41, 5.74) is -1.25. The van der Waals surface area contributed by atoms with Crippen LogP contribution >= 0.6 is 0 Å². The first-order valence-corrected chi connectivity index (χ1v) is 7.46. The minimum Gasteiger partial charge on any atom is -0.337 e. The summed E-state index contributed by atoms with van der Waals surface area (Å²) < 4.78 is 0. The Hall–Kier alpha value is -1.89. The van der Waals surface area contributed by atoms with Crippen molar-refractivity contribution < 1.29 is 4.79 Å². The Morgan fingerprint density at radius 1 is 1.43 bits per heavy atom. The van der Waals surface area contributed by atoms with Crippen molar-refractivity contribution in [3.8, 4) is 0 Å². The van der Waals surface area contributed by atoms with Gasteiger partial charge in [0.05, 0.1) is 0 Å². The van der Waals surface area contributed by atoms with Crippen LogP contribution in [0.4, 0.5) is 0 Å². The van der Waals surface area contributed by atoms with E-state index in [9.17, 15) is 14.4 Å². The normalized spacial score (nSPS) is 17.9. The zero-order valence-corrected chi connectivity index (χ0v) is 12.3. The number of hydrogen-bond acceptors (Lipinski definition) is 4. The van der Waals surface area contributed by atoms with Crippen molar-refractivity contribution in [1.29, 1.82) is 0 Å². The van der Waals surface area contributed by atoms with E-state index in [1.807, 2.05) is 0 Å². The molecule has 1 aliphatic heterocycles. The second kappa shape index (κ2) is 7.21. The van der Waals surface area contributed by atoms with Gasteiger partial charge < -0.3 is 15.2 Å². The fourth-order valence-electron chi connectivity index (χ4n) is 2.54. The van der Waals surface area contributed by atoms with Gasteiger partial charge in [0.15, 0.2) is 0 Å². The molecule has 1 fully saturated rings. The fourth-order valence-corrected chi connectivity index (χ4v) is 2.54.